The molecule has 0 bridgehead atoms. The van der Waals surface area contributed by atoms with Gasteiger partial charge in [0.15, 0.2) is 0 Å². The number of amides is 1. The number of hydrogen-bond donors (Lipinski definition) is 2. The van der Waals surface area contributed by atoms with Crippen LogP contribution in [-0.4, -0.2) is 39.1 Å². The number of aromatic nitrogens is 3. The van der Waals surface area contributed by atoms with Gasteiger partial charge in [-0.15, -0.1) is 0 Å². The van der Waals surface area contributed by atoms with Crippen molar-refractivity contribution in [3.63, 3.8) is 0 Å². The van der Waals surface area contributed by atoms with Crippen molar-refractivity contribution in [3.8, 4) is 0 Å². The second-order valence-corrected chi connectivity index (χ2v) is 7.39. The summed E-state index contributed by atoms with van der Waals surface area (Å²) in [5.41, 5.74) is 5.46. The zero-order valence-corrected chi connectivity index (χ0v) is 15.5. The fraction of sp³-hybridized carbons (Fsp3) is 0.429. The molecule has 2 aromatic heterocycles. The first kappa shape index (κ1) is 16.9. The zero-order valence-electron chi connectivity index (χ0n) is 15.5. The van der Waals surface area contributed by atoms with E-state index >= 15 is 0 Å². The van der Waals surface area contributed by atoms with Crippen LogP contribution in [0.25, 0.3) is 10.9 Å². The number of likely N-dealkylation sites (tertiary alicyclic amines) is 1. The Balaban J connectivity index is 1.43. The summed E-state index contributed by atoms with van der Waals surface area (Å²) in [5, 5.41) is 8.50. The minimum absolute atomic E-state index is 0.0524. The van der Waals surface area contributed by atoms with E-state index in [4.69, 9.17) is 0 Å². The van der Waals surface area contributed by atoms with Gasteiger partial charge in [0, 0.05) is 35.9 Å². The first-order chi connectivity index (χ1) is 12.7. The Kier molecular flexibility index (Phi) is 4.53. The van der Waals surface area contributed by atoms with Gasteiger partial charge < -0.3 is 9.88 Å². The fourth-order valence-electron chi connectivity index (χ4n) is 4.02. The monoisotopic (exact) mass is 350 g/mol. The molecule has 1 saturated heterocycles. The molecule has 26 heavy (non-hydrogen) atoms. The third-order valence-electron chi connectivity index (χ3n) is 5.46. The standard InChI is InChI=1S/C21H26N4O/c1-3-4-16-12-20(24-23-16)21(26)25-9-7-15(8-10-25)18-13-22-19-11-14(2)5-6-17(18)19/h5-6,11-13,15,22H,3-4,7-10H2,1-2H3,(H,23,24). The number of carbonyl (C=O) groups excluding carboxylic acids is 1. The van der Waals surface area contributed by atoms with Crippen LogP contribution in [0.1, 0.15) is 59.4 Å². The van der Waals surface area contributed by atoms with Gasteiger partial charge in [0.25, 0.3) is 5.91 Å². The van der Waals surface area contributed by atoms with E-state index in [0.717, 1.165) is 44.5 Å². The van der Waals surface area contributed by atoms with Crippen LogP contribution in [0.4, 0.5) is 0 Å². The Bertz CT molecular complexity index is 915. The average Bonchev–Trinajstić information content (AvgIpc) is 3.28. The molecule has 1 amide bonds. The van der Waals surface area contributed by atoms with Crippen LogP contribution in [0.5, 0.6) is 0 Å². The number of nitrogens with one attached hydrogen (secondary N) is 2. The maximum absolute atomic E-state index is 12.7. The van der Waals surface area contributed by atoms with Crippen LogP contribution in [-0.2, 0) is 6.42 Å². The summed E-state index contributed by atoms with van der Waals surface area (Å²) in [6, 6.07) is 8.49. The zero-order chi connectivity index (χ0) is 18.1. The van der Waals surface area contributed by atoms with Crippen molar-refractivity contribution in [2.75, 3.05) is 13.1 Å². The quantitative estimate of drug-likeness (QED) is 0.741. The Hall–Kier alpha value is -2.56. The molecule has 1 aromatic carbocycles. The van der Waals surface area contributed by atoms with Crippen LogP contribution in [0.3, 0.4) is 0 Å². The van der Waals surface area contributed by atoms with Gasteiger partial charge in [0.1, 0.15) is 5.69 Å². The molecule has 0 unspecified atom stereocenters. The molecule has 0 aliphatic carbocycles. The largest absolute Gasteiger partial charge is 0.361 e. The molecule has 0 spiro atoms. The van der Waals surface area contributed by atoms with Gasteiger partial charge in [-0.25, -0.2) is 0 Å². The molecule has 2 N–H and O–H groups in total. The Morgan fingerprint density at radius 2 is 2.08 bits per heavy atom. The summed E-state index contributed by atoms with van der Waals surface area (Å²) >= 11 is 0. The van der Waals surface area contributed by atoms with Crippen LogP contribution in [0.15, 0.2) is 30.5 Å². The summed E-state index contributed by atoms with van der Waals surface area (Å²) < 4.78 is 0. The summed E-state index contributed by atoms with van der Waals surface area (Å²) in [6.07, 6.45) is 6.13. The topological polar surface area (TPSA) is 64.8 Å². The van der Waals surface area contributed by atoms with Crippen molar-refractivity contribution in [1.82, 2.24) is 20.1 Å². The van der Waals surface area contributed by atoms with E-state index in [1.807, 2.05) is 11.0 Å². The van der Waals surface area contributed by atoms with E-state index in [0.29, 0.717) is 11.6 Å². The predicted octanol–water partition coefficient (Wildman–Crippen LogP) is 4.17. The van der Waals surface area contributed by atoms with Gasteiger partial charge in [-0.05, 0) is 55.4 Å². The average molecular weight is 350 g/mol. The van der Waals surface area contributed by atoms with Crippen molar-refractivity contribution in [3.05, 3.63) is 53.0 Å². The molecule has 5 heteroatoms. The van der Waals surface area contributed by atoms with Crippen molar-refractivity contribution in [1.29, 1.82) is 0 Å². The van der Waals surface area contributed by atoms with E-state index in [-0.39, 0.29) is 5.91 Å². The molecule has 136 valence electrons. The molecule has 3 aromatic rings. The minimum Gasteiger partial charge on any atom is -0.361 e. The number of hydrogen-bond acceptors (Lipinski definition) is 2. The summed E-state index contributed by atoms with van der Waals surface area (Å²) in [4.78, 5) is 18.0. The number of H-pyrrole nitrogens is 2. The molecule has 5 nitrogen and oxygen atoms in total. The number of nitrogens with zero attached hydrogens (tertiary/aromatic N) is 2. The van der Waals surface area contributed by atoms with Crippen LogP contribution in [0.2, 0.25) is 0 Å². The van der Waals surface area contributed by atoms with Crippen LogP contribution >= 0.6 is 0 Å². The smallest absolute Gasteiger partial charge is 0.274 e. The first-order valence-electron chi connectivity index (χ1n) is 9.57. The second kappa shape index (κ2) is 6.98. The number of aryl methyl sites for hydroxylation is 2. The molecular formula is C21H26N4O. The van der Waals surface area contributed by atoms with E-state index in [9.17, 15) is 4.79 Å². The second-order valence-electron chi connectivity index (χ2n) is 7.39. The molecule has 0 radical (unpaired) electrons. The first-order valence-corrected chi connectivity index (χ1v) is 9.57. The predicted molar refractivity (Wildman–Crippen MR) is 103 cm³/mol. The molecule has 1 aliphatic rings. The molecule has 1 aliphatic heterocycles. The van der Waals surface area contributed by atoms with Gasteiger partial charge >= 0.3 is 0 Å². The molecule has 3 heterocycles. The Labute approximate surface area is 153 Å². The van der Waals surface area contributed by atoms with Gasteiger partial charge in [-0.2, -0.15) is 5.10 Å². The molecule has 0 saturated carbocycles. The number of benzene rings is 1. The van der Waals surface area contributed by atoms with Gasteiger partial charge in [0.2, 0.25) is 0 Å². The van der Waals surface area contributed by atoms with Gasteiger partial charge in [-0.1, -0.05) is 25.5 Å². The normalized spacial score (nSPS) is 15.7. The summed E-state index contributed by atoms with van der Waals surface area (Å²) in [7, 11) is 0. The van der Waals surface area contributed by atoms with E-state index in [1.165, 1.54) is 22.0 Å². The van der Waals surface area contributed by atoms with E-state index < -0.39 is 0 Å². The minimum atomic E-state index is 0.0524. The highest BCUT2D eigenvalue weighted by Gasteiger charge is 2.27. The number of piperidine rings is 1. The molecule has 1 fully saturated rings. The third-order valence-corrected chi connectivity index (χ3v) is 5.46. The lowest BCUT2D eigenvalue weighted by Gasteiger charge is -2.31. The van der Waals surface area contributed by atoms with E-state index in [1.54, 1.807) is 0 Å². The van der Waals surface area contributed by atoms with Gasteiger partial charge in [-0.3, -0.25) is 9.89 Å². The molecular weight excluding hydrogens is 324 g/mol. The summed E-state index contributed by atoms with van der Waals surface area (Å²) in [6.45, 7) is 5.82. The lowest BCUT2D eigenvalue weighted by molar-refractivity contribution is 0.0707. The highest BCUT2D eigenvalue weighted by Crippen LogP contribution is 2.33. The lowest BCUT2D eigenvalue weighted by atomic mass is 9.89. The number of carbonyl (C=O) groups is 1. The van der Waals surface area contributed by atoms with Crippen LogP contribution < -0.4 is 0 Å². The van der Waals surface area contributed by atoms with Crippen molar-refractivity contribution in [2.24, 2.45) is 0 Å². The molecule has 0 atom stereocenters. The van der Waals surface area contributed by atoms with Crippen LogP contribution in [0, 0.1) is 6.92 Å². The van der Waals surface area contributed by atoms with Crippen molar-refractivity contribution in [2.45, 2.75) is 45.4 Å². The SMILES string of the molecule is CCCc1cc(C(=O)N2CCC(c3c[nH]c4cc(C)ccc34)CC2)n[nH]1. The highest BCUT2D eigenvalue weighted by molar-refractivity contribution is 5.92. The summed E-state index contributed by atoms with van der Waals surface area (Å²) in [5.74, 6) is 0.557. The number of aromatic amines is 2. The number of rotatable bonds is 4. The maximum atomic E-state index is 12.7. The number of fused-ring (bicyclic) bond motifs is 1. The van der Waals surface area contributed by atoms with Crippen molar-refractivity contribution >= 4 is 16.8 Å². The van der Waals surface area contributed by atoms with Gasteiger partial charge in [0.05, 0.1) is 0 Å². The Morgan fingerprint density at radius 1 is 1.27 bits per heavy atom. The lowest BCUT2D eigenvalue weighted by Crippen LogP contribution is -2.38. The highest BCUT2D eigenvalue weighted by atomic mass is 16.2. The van der Waals surface area contributed by atoms with E-state index in [2.05, 4.69) is 53.4 Å². The maximum Gasteiger partial charge on any atom is 0.274 e. The molecule has 4 rings (SSSR count). The fourth-order valence-corrected chi connectivity index (χ4v) is 4.02. The third kappa shape index (κ3) is 3.14. The van der Waals surface area contributed by atoms with Crippen molar-refractivity contribution < 1.29 is 4.79 Å². The Morgan fingerprint density at radius 3 is 2.85 bits per heavy atom.